The van der Waals surface area contributed by atoms with Crippen LogP contribution in [-0.4, -0.2) is 27.3 Å². The Morgan fingerprint density at radius 1 is 1.35 bits per heavy atom. The molecule has 0 bridgehead atoms. The van der Waals surface area contributed by atoms with E-state index in [4.69, 9.17) is 4.42 Å². The number of nitrogens with zero attached hydrogens (tertiary/aromatic N) is 2. The topological polar surface area (TPSA) is 62.1 Å². The van der Waals surface area contributed by atoms with E-state index in [9.17, 15) is 4.79 Å². The van der Waals surface area contributed by atoms with Crippen LogP contribution in [0.3, 0.4) is 0 Å². The summed E-state index contributed by atoms with van der Waals surface area (Å²) >= 11 is 0. The summed E-state index contributed by atoms with van der Waals surface area (Å²) in [5, 5.41) is 1.05. The molecule has 136 valence electrons. The van der Waals surface area contributed by atoms with Crippen molar-refractivity contribution in [2.45, 2.75) is 46.1 Å². The third-order valence-electron chi connectivity index (χ3n) is 5.05. The van der Waals surface area contributed by atoms with Crippen LogP contribution in [0.5, 0.6) is 0 Å². The maximum absolute atomic E-state index is 13.0. The number of aromatic amines is 1. The highest BCUT2D eigenvalue weighted by atomic mass is 16.3. The Morgan fingerprint density at radius 2 is 2.15 bits per heavy atom. The maximum atomic E-state index is 13.0. The van der Waals surface area contributed by atoms with Gasteiger partial charge in [-0.3, -0.25) is 4.79 Å². The Bertz CT molecular complexity index is 899. The second kappa shape index (κ2) is 6.31. The number of H-pyrrole nitrogens is 1. The quantitative estimate of drug-likeness (QED) is 0.758. The van der Waals surface area contributed by atoms with Crippen molar-refractivity contribution >= 4 is 16.9 Å². The second-order valence-electron chi connectivity index (χ2n) is 8.25. The highest BCUT2D eigenvalue weighted by molar-refractivity contribution is 5.80. The highest BCUT2D eigenvalue weighted by Crippen LogP contribution is 2.37. The molecule has 0 fully saturated rings. The smallest absolute Gasteiger partial charge is 0.223 e. The Labute approximate surface area is 153 Å². The first-order valence-corrected chi connectivity index (χ1v) is 9.22. The number of carbonyl (C=O) groups excluding carboxylic acids is 1. The zero-order valence-corrected chi connectivity index (χ0v) is 15.6. The molecule has 1 atom stereocenters. The fourth-order valence-corrected chi connectivity index (χ4v) is 3.60. The third-order valence-corrected chi connectivity index (χ3v) is 5.05. The molecule has 0 radical (unpaired) electrons. The second-order valence-corrected chi connectivity index (χ2v) is 8.25. The predicted octanol–water partition coefficient (Wildman–Crippen LogP) is 4.46. The first-order chi connectivity index (χ1) is 12.4. The molecular formula is C21H25N3O2. The van der Waals surface area contributed by atoms with Crippen LogP contribution >= 0.6 is 0 Å². The van der Waals surface area contributed by atoms with Crippen molar-refractivity contribution in [3.63, 3.8) is 0 Å². The third kappa shape index (κ3) is 3.14. The molecule has 1 aliphatic heterocycles. The fraction of sp³-hybridized carbons (Fsp3) is 0.429. The van der Waals surface area contributed by atoms with E-state index in [2.05, 4.69) is 30.7 Å². The van der Waals surface area contributed by atoms with Crippen molar-refractivity contribution < 1.29 is 9.21 Å². The molecule has 1 N–H and O–H groups in total. The molecule has 1 amide bonds. The van der Waals surface area contributed by atoms with E-state index < -0.39 is 0 Å². The van der Waals surface area contributed by atoms with Gasteiger partial charge in [-0.1, -0.05) is 39.0 Å². The van der Waals surface area contributed by atoms with Crippen LogP contribution in [0, 0.1) is 5.41 Å². The first kappa shape index (κ1) is 16.9. The minimum absolute atomic E-state index is 0.137. The number of furan rings is 1. The highest BCUT2D eigenvalue weighted by Gasteiger charge is 2.36. The van der Waals surface area contributed by atoms with Gasteiger partial charge in [0, 0.05) is 30.5 Å². The zero-order chi connectivity index (χ0) is 18.3. The number of amides is 1. The van der Waals surface area contributed by atoms with Crippen molar-refractivity contribution in [1.82, 2.24) is 14.9 Å². The average Bonchev–Trinajstić information content (AvgIpc) is 3.24. The monoisotopic (exact) mass is 351 g/mol. The van der Waals surface area contributed by atoms with E-state index in [-0.39, 0.29) is 17.4 Å². The Hall–Kier alpha value is -2.56. The Kier molecular flexibility index (Phi) is 4.10. The normalized spacial score (nSPS) is 17.5. The number of imidazole rings is 1. The number of aromatic nitrogens is 2. The summed E-state index contributed by atoms with van der Waals surface area (Å²) in [6.45, 7) is 7.18. The van der Waals surface area contributed by atoms with Crippen LogP contribution in [0.15, 0.2) is 41.1 Å². The summed E-state index contributed by atoms with van der Waals surface area (Å²) < 4.78 is 6.11. The summed E-state index contributed by atoms with van der Waals surface area (Å²) in [5.74, 6) is 0.947. The molecule has 0 saturated carbocycles. The van der Waals surface area contributed by atoms with Crippen molar-refractivity contribution in [3.8, 4) is 0 Å². The number of para-hydroxylation sites is 1. The summed E-state index contributed by atoms with van der Waals surface area (Å²) in [7, 11) is 0. The molecule has 0 saturated heterocycles. The first-order valence-electron chi connectivity index (χ1n) is 9.22. The van der Waals surface area contributed by atoms with E-state index in [0.29, 0.717) is 13.0 Å². The minimum Gasteiger partial charge on any atom is -0.458 e. The lowest BCUT2D eigenvalue weighted by molar-refractivity contribution is -0.134. The number of nitrogens with one attached hydrogen (secondary N) is 1. The van der Waals surface area contributed by atoms with Gasteiger partial charge in [-0.05, 0) is 24.0 Å². The number of fused-ring (bicyclic) bond motifs is 2. The SMILES string of the molecule is CC(C)(C)CCC(=O)N1CCc2[nH]cnc2[C@H]1c1cc2ccccc2o1. The van der Waals surface area contributed by atoms with E-state index in [1.807, 2.05) is 35.2 Å². The van der Waals surface area contributed by atoms with Gasteiger partial charge in [0.05, 0.1) is 12.0 Å². The molecule has 0 spiro atoms. The summed E-state index contributed by atoms with van der Waals surface area (Å²) in [4.78, 5) is 22.7. The molecule has 1 aromatic carbocycles. The van der Waals surface area contributed by atoms with Gasteiger partial charge in [-0.2, -0.15) is 0 Å². The molecule has 4 rings (SSSR count). The standard InChI is InChI=1S/C21H25N3O2/c1-21(2,3)10-8-18(25)24-11-9-15-19(23-13-22-15)20(24)17-12-14-6-4-5-7-16(14)26-17/h4-7,12-13,20H,8-11H2,1-3H3,(H,22,23)/t20-/m1/s1. The minimum atomic E-state index is -0.259. The van der Waals surface area contributed by atoms with Gasteiger partial charge in [-0.15, -0.1) is 0 Å². The van der Waals surface area contributed by atoms with Crippen molar-refractivity contribution in [2.24, 2.45) is 5.41 Å². The van der Waals surface area contributed by atoms with Crippen LogP contribution in [0.4, 0.5) is 0 Å². The van der Waals surface area contributed by atoms with Crippen LogP contribution < -0.4 is 0 Å². The molecule has 5 nitrogen and oxygen atoms in total. The molecule has 0 unspecified atom stereocenters. The lowest BCUT2D eigenvalue weighted by atomic mass is 9.90. The number of rotatable bonds is 3. The lowest BCUT2D eigenvalue weighted by Crippen LogP contribution is -2.40. The molecule has 26 heavy (non-hydrogen) atoms. The average molecular weight is 351 g/mol. The van der Waals surface area contributed by atoms with E-state index in [1.165, 1.54) is 0 Å². The predicted molar refractivity (Wildman–Crippen MR) is 101 cm³/mol. The Morgan fingerprint density at radius 3 is 2.92 bits per heavy atom. The lowest BCUT2D eigenvalue weighted by Gasteiger charge is -2.34. The summed E-state index contributed by atoms with van der Waals surface area (Å²) in [6.07, 6.45) is 3.92. The van der Waals surface area contributed by atoms with Gasteiger partial charge in [0.1, 0.15) is 17.4 Å². The van der Waals surface area contributed by atoms with Crippen LogP contribution in [0.1, 0.15) is 56.8 Å². The summed E-state index contributed by atoms with van der Waals surface area (Å²) in [6, 6.07) is 9.72. The molecule has 2 aromatic heterocycles. The van der Waals surface area contributed by atoms with Gasteiger partial charge in [0.2, 0.25) is 5.91 Å². The van der Waals surface area contributed by atoms with Gasteiger partial charge in [-0.25, -0.2) is 4.98 Å². The van der Waals surface area contributed by atoms with E-state index in [1.54, 1.807) is 6.33 Å². The largest absolute Gasteiger partial charge is 0.458 e. The molecule has 1 aliphatic rings. The number of benzene rings is 1. The van der Waals surface area contributed by atoms with Crippen LogP contribution in [-0.2, 0) is 11.2 Å². The fourth-order valence-electron chi connectivity index (χ4n) is 3.60. The molecule has 3 heterocycles. The van der Waals surface area contributed by atoms with E-state index >= 15 is 0 Å². The van der Waals surface area contributed by atoms with Crippen molar-refractivity contribution in [3.05, 3.63) is 53.8 Å². The zero-order valence-electron chi connectivity index (χ0n) is 15.6. The van der Waals surface area contributed by atoms with Crippen molar-refractivity contribution in [2.75, 3.05) is 6.54 Å². The number of hydrogen-bond donors (Lipinski definition) is 1. The number of hydrogen-bond acceptors (Lipinski definition) is 3. The van der Waals surface area contributed by atoms with Gasteiger partial charge < -0.3 is 14.3 Å². The molecule has 0 aliphatic carbocycles. The van der Waals surface area contributed by atoms with Crippen molar-refractivity contribution in [1.29, 1.82) is 0 Å². The Balaban J connectivity index is 1.70. The van der Waals surface area contributed by atoms with Crippen LogP contribution in [0.2, 0.25) is 0 Å². The molecule has 3 aromatic rings. The van der Waals surface area contributed by atoms with Gasteiger partial charge >= 0.3 is 0 Å². The molecular weight excluding hydrogens is 326 g/mol. The van der Waals surface area contributed by atoms with Crippen LogP contribution in [0.25, 0.3) is 11.0 Å². The van der Waals surface area contributed by atoms with Gasteiger partial charge in [0.25, 0.3) is 0 Å². The summed E-state index contributed by atoms with van der Waals surface area (Å²) in [5.41, 5.74) is 2.97. The number of carbonyl (C=O) groups is 1. The van der Waals surface area contributed by atoms with E-state index in [0.717, 1.165) is 41.0 Å². The molecule has 5 heteroatoms. The maximum Gasteiger partial charge on any atom is 0.223 e. The van der Waals surface area contributed by atoms with Gasteiger partial charge in [0.15, 0.2) is 0 Å².